The lowest BCUT2D eigenvalue weighted by molar-refractivity contribution is -0.128. The minimum absolute atomic E-state index is 0.0580. The molecular weight excluding hydrogens is 278 g/mol. The van der Waals surface area contributed by atoms with Crippen molar-refractivity contribution < 1.29 is 9.59 Å². The number of halogens is 1. The summed E-state index contributed by atoms with van der Waals surface area (Å²) in [5.41, 5.74) is 0. The summed E-state index contributed by atoms with van der Waals surface area (Å²) in [6, 6.07) is 3.31. The minimum atomic E-state index is -0.295. The fourth-order valence-electron chi connectivity index (χ4n) is 2.19. The van der Waals surface area contributed by atoms with E-state index in [2.05, 4.69) is 17.2 Å². The molecule has 0 bridgehead atoms. The molecule has 108 valence electrons. The zero-order valence-electron chi connectivity index (χ0n) is 11.4. The first kappa shape index (κ1) is 14.8. The third-order valence-corrected chi connectivity index (χ3v) is 3.57. The fourth-order valence-corrected chi connectivity index (χ4v) is 2.30. The van der Waals surface area contributed by atoms with Crippen LogP contribution >= 0.6 is 11.6 Å². The van der Waals surface area contributed by atoms with Gasteiger partial charge in [0.05, 0.1) is 10.9 Å². The number of carbonyl (C=O) groups is 2. The van der Waals surface area contributed by atoms with Gasteiger partial charge >= 0.3 is 0 Å². The average molecular weight is 296 g/mol. The van der Waals surface area contributed by atoms with Crippen molar-refractivity contribution in [1.82, 2.24) is 9.88 Å². The summed E-state index contributed by atoms with van der Waals surface area (Å²) in [5, 5.41) is 3.24. The molecule has 0 radical (unpaired) electrons. The molecule has 2 heterocycles. The van der Waals surface area contributed by atoms with E-state index in [1.165, 1.54) is 6.20 Å². The van der Waals surface area contributed by atoms with Gasteiger partial charge in [0.1, 0.15) is 5.82 Å². The molecule has 0 saturated carbocycles. The van der Waals surface area contributed by atoms with Gasteiger partial charge in [0.25, 0.3) is 0 Å². The van der Waals surface area contributed by atoms with Crippen molar-refractivity contribution in [3.63, 3.8) is 0 Å². The first-order valence-corrected chi connectivity index (χ1v) is 7.18. The molecule has 1 saturated heterocycles. The van der Waals surface area contributed by atoms with Crippen molar-refractivity contribution >= 4 is 29.2 Å². The standard InChI is InChI=1S/C14H18ClN3O2/c1-2-3-6-18-9-10(7-13(18)19)14(20)17-12-5-4-11(15)8-16-12/h4-5,8,10H,2-3,6-7,9H2,1H3,(H,16,17,20)/t10-/m1/s1. The number of anilines is 1. The highest BCUT2D eigenvalue weighted by molar-refractivity contribution is 6.30. The molecule has 2 rings (SSSR count). The quantitative estimate of drug-likeness (QED) is 0.907. The highest BCUT2D eigenvalue weighted by Crippen LogP contribution is 2.20. The number of likely N-dealkylation sites (tertiary alicyclic amines) is 1. The van der Waals surface area contributed by atoms with Gasteiger partial charge in [-0.25, -0.2) is 4.98 Å². The molecule has 0 aliphatic carbocycles. The van der Waals surface area contributed by atoms with E-state index in [1.54, 1.807) is 17.0 Å². The van der Waals surface area contributed by atoms with Crippen molar-refractivity contribution in [3.05, 3.63) is 23.4 Å². The monoisotopic (exact) mass is 295 g/mol. The molecule has 2 amide bonds. The Balaban J connectivity index is 1.90. The number of nitrogens with zero attached hydrogens (tertiary/aromatic N) is 2. The number of hydrogen-bond acceptors (Lipinski definition) is 3. The highest BCUT2D eigenvalue weighted by atomic mass is 35.5. The van der Waals surface area contributed by atoms with Crippen molar-refractivity contribution in [1.29, 1.82) is 0 Å². The van der Waals surface area contributed by atoms with Crippen LogP contribution in [0.4, 0.5) is 5.82 Å². The zero-order valence-corrected chi connectivity index (χ0v) is 12.2. The van der Waals surface area contributed by atoms with Crippen LogP contribution in [0.1, 0.15) is 26.2 Å². The van der Waals surface area contributed by atoms with Crippen LogP contribution in [0, 0.1) is 5.92 Å². The summed E-state index contributed by atoms with van der Waals surface area (Å²) in [6.45, 7) is 3.31. The third-order valence-electron chi connectivity index (χ3n) is 3.35. The van der Waals surface area contributed by atoms with Gasteiger partial charge in [-0.1, -0.05) is 24.9 Å². The number of hydrogen-bond donors (Lipinski definition) is 1. The maximum Gasteiger partial charge on any atom is 0.230 e. The van der Waals surface area contributed by atoms with E-state index in [0.29, 0.717) is 17.4 Å². The van der Waals surface area contributed by atoms with Crippen LogP contribution in [0.15, 0.2) is 18.3 Å². The smallest absolute Gasteiger partial charge is 0.230 e. The summed E-state index contributed by atoms with van der Waals surface area (Å²) >= 11 is 5.74. The van der Waals surface area contributed by atoms with Crippen LogP contribution in [-0.2, 0) is 9.59 Å². The molecule has 5 nitrogen and oxygen atoms in total. The molecule has 1 aromatic heterocycles. The Hall–Kier alpha value is -1.62. The largest absolute Gasteiger partial charge is 0.342 e. The van der Waals surface area contributed by atoms with Gasteiger partial charge < -0.3 is 10.2 Å². The lowest BCUT2D eigenvalue weighted by Gasteiger charge is -2.15. The van der Waals surface area contributed by atoms with Gasteiger partial charge in [0, 0.05) is 25.7 Å². The Labute approximate surface area is 123 Å². The van der Waals surface area contributed by atoms with E-state index >= 15 is 0 Å². The maximum absolute atomic E-state index is 12.1. The van der Waals surface area contributed by atoms with Gasteiger partial charge in [-0.3, -0.25) is 9.59 Å². The van der Waals surface area contributed by atoms with Gasteiger partial charge in [-0.05, 0) is 18.6 Å². The van der Waals surface area contributed by atoms with Crippen LogP contribution < -0.4 is 5.32 Å². The lowest BCUT2D eigenvalue weighted by atomic mass is 10.1. The molecule has 1 aliphatic rings. The summed E-state index contributed by atoms with van der Waals surface area (Å²) in [4.78, 5) is 29.7. The summed E-state index contributed by atoms with van der Waals surface area (Å²) in [5.74, 6) is 0.0607. The lowest BCUT2D eigenvalue weighted by Crippen LogP contribution is -2.29. The number of pyridine rings is 1. The Bertz CT molecular complexity index is 490. The van der Waals surface area contributed by atoms with E-state index in [-0.39, 0.29) is 24.2 Å². The Morgan fingerprint density at radius 3 is 3.00 bits per heavy atom. The first-order chi connectivity index (χ1) is 9.60. The summed E-state index contributed by atoms with van der Waals surface area (Å²) in [7, 11) is 0. The van der Waals surface area contributed by atoms with Crippen molar-refractivity contribution in [2.75, 3.05) is 18.4 Å². The van der Waals surface area contributed by atoms with E-state index in [0.717, 1.165) is 19.4 Å². The topological polar surface area (TPSA) is 62.3 Å². The molecule has 20 heavy (non-hydrogen) atoms. The van der Waals surface area contributed by atoms with Crippen molar-refractivity contribution in [2.45, 2.75) is 26.2 Å². The maximum atomic E-state index is 12.1. The second-order valence-corrected chi connectivity index (χ2v) is 5.38. The van der Waals surface area contributed by atoms with Crippen LogP contribution in [0.5, 0.6) is 0 Å². The molecule has 1 fully saturated rings. The number of aromatic nitrogens is 1. The molecule has 1 N–H and O–H groups in total. The van der Waals surface area contributed by atoms with E-state index in [9.17, 15) is 9.59 Å². The Morgan fingerprint density at radius 1 is 1.55 bits per heavy atom. The molecule has 6 heteroatoms. The predicted octanol–water partition coefficient (Wildman–Crippen LogP) is 2.32. The van der Waals surface area contributed by atoms with Gasteiger partial charge in [-0.2, -0.15) is 0 Å². The first-order valence-electron chi connectivity index (χ1n) is 6.80. The third kappa shape index (κ3) is 3.70. The van der Waals surface area contributed by atoms with Gasteiger partial charge in [-0.15, -0.1) is 0 Å². The average Bonchev–Trinajstić information content (AvgIpc) is 2.80. The Kier molecular flexibility index (Phi) is 4.95. The molecule has 1 aliphatic heterocycles. The number of rotatable bonds is 5. The highest BCUT2D eigenvalue weighted by Gasteiger charge is 2.33. The Morgan fingerprint density at radius 2 is 2.35 bits per heavy atom. The van der Waals surface area contributed by atoms with Crippen LogP contribution in [-0.4, -0.2) is 34.8 Å². The van der Waals surface area contributed by atoms with Crippen LogP contribution in [0.3, 0.4) is 0 Å². The molecule has 1 aromatic rings. The number of carbonyl (C=O) groups excluding carboxylic acids is 2. The van der Waals surface area contributed by atoms with Crippen molar-refractivity contribution in [3.8, 4) is 0 Å². The zero-order chi connectivity index (χ0) is 14.5. The van der Waals surface area contributed by atoms with Crippen LogP contribution in [0.25, 0.3) is 0 Å². The second kappa shape index (κ2) is 6.70. The second-order valence-electron chi connectivity index (χ2n) is 4.95. The van der Waals surface area contributed by atoms with Crippen LogP contribution in [0.2, 0.25) is 5.02 Å². The van der Waals surface area contributed by atoms with Gasteiger partial charge in [0.2, 0.25) is 11.8 Å². The van der Waals surface area contributed by atoms with Gasteiger partial charge in [0.15, 0.2) is 0 Å². The molecule has 1 atom stereocenters. The summed E-state index contributed by atoms with van der Waals surface area (Å²) < 4.78 is 0. The molecular formula is C14H18ClN3O2. The number of amides is 2. The molecule has 0 unspecified atom stereocenters. The summed E-state index contributed by atoms with van der Waals surface area (Å²) in [6.07, 6.45) is 3.77. The number of nitrogens with one attached hydrogen (secondary N) is 1. The number of unbranched alkanes of at least 4 members (excludes halogenated alkanes) is 1. The minimum Gasteiger partial charge on any atom is -0.342 e. The molecule has 0 aromatic carbocycles. The van der Waals surface area contributed by atoms with E-state index in [4.69, 9.17) is 11.6 Å². The SMILES string of the molecule is CCCCN1C[C@H](C(=O)Nc2ccc(Cl)cn2)CC1=O. The van der Waals surface area contributed by atoms with Crippen molar-refractivity contribution in [2.24, 2.45) is 5.92 Å². The van der Waals surface area contributed by atoms with E-state index < -0.39 is 0 Å². The normalized spacial score (nSPS) is 18.4. The molecule has 0 spiro atoms. The fraction of sp³-hybridized carbons (Fsp3) is 0.500. The predicted molar refractivity (Wildman–Crippen MR) is 77.5 cm³/mol. The van der Waals surface area contributed by atoms with E-state index in [1.807, 2.05) is 0 Å².